The molecular weight excluding hydrogens is 212 g/mol. The molecule has 0 aliphatic heterocycles. The lowest BCUT2D eigenvalue weighted by Crippen LogP contribution is -2.44. The smallest absolute Gasteiger partial charge is 0.0610 e. The number of aliphatic hydroxyl groups is 1. The monoisotopic (exact) mass is 232 g/mol. The number of aliphatic hydroxyl groups excluding tert-OH is 1. The number of hydrogen-bond acceptors (Lipinski definition) is 2. The van der Waals surface area contributed by atoms with Crippen LogP contribution in [-0.4, -0.2) is 22.2 Å². The van der Waals surface area contributed by atoms with Crippen LogP contribution < -0.4 is 5.32 Å². The van der Waals surface area contributed by atoms with Crippen molar-refractivity contribution in [1.82, 2.24) is 10.3 Å². The van der Waals surface area contributed by atoms with Crippen molar-refractivity contribution in [3.05, 3.63) is 36.0 Å². The lowest BCUT2D eigenvalue weighted by atomic mass is 10.00. The summed E-state index contributed by atoms with van der Waals surface area (Å²) in [6.07, 6.45) is 2.86. The lowest BCUT2D eigenvalue weighted by molar-refractivity contribution is 0.169. The topological polar surface area (TPSA) is 48.0 Å². The maximum atomic E-state index is 9.33. The fourth-order valence-corrected chi connectivity index (χ4v) is 1.81. The first-order chi connectivity index (χ1) is 8.17. The molecule has 1 heterocycles. The quantitative estimate of drug-likeness (QED) is 0.741. The molecule has 0 saturated heterocycles. The zero-order valence-corrected chi connectivity index (χ0v) is 10.5. The molecule has 1 unspecified atom stereocenters. The predicted octanol–water partition coefficient (Wildman–Crippen LogP) is 2.42. The lowest BCUT2D eigenvalue weighted by Gasteiger charge is -2.27. The van der Waals surface area contributed by atoms with Crippen LogP contribution in [0.25, 0.3) is 10.9 Å². The summed E-state index contributed by atoms with van der Waals surface area (Å²) in [4.78, 5) is 3.21. The van der Waals surface area contributed by atoms with Crippen molar-refractivity contribution in [2.45, 2.75) is 32.4 Å². The molecule has 1 atom stereocenters. The highest BCUT2D eigenvalue weighted by Gasteiger charge is 2.19. The minimum Gasteiger partial charge on any atom is -0.394 e. The number of aromatic nitrogens is 1. The van der Waals surface area contributed by atoms with Gasteiger partial charge < -0.3 is 15.4 Å². The Kier molecular flexibility index (Phi) is 3.50. The normalized spacial score (nSPS) is 15.0. The molecule has 3 N–H and O–H groups in total. The maximum Gasteiger partial charge on any atom is 0.0610 e. The van der Waals surface area contributed by atoms with Gasteiger partial charge in [-0.25, -0.2) is 0 Å². The third-order valence-electron chi connectivity index (χ3n) is 3.47. The van der Waals surface area contributed by atoms with Gasteiger partial charge in [0.05, 0.1) is 6.61 Å². The van der Waals surface area contributed by atoms with E-state index in [4.69, 9.17) is 0 Å². The van der Waals surface area contributed by atoms with E-state index in [1.165, 1.54) is 10.9 Å². The Balaban J connectivity index is 2.08. The van der Waals surface area contributed by atoms with E-state index >= 15 is 0 Å². The van der Waals surface area contributed by atoms with Gasteiger partial charge in [0.25, 0.3) is 0 Å². The molecule has 0 amide bonds. The third-order valence-corrected chi connectivity index (χ3v) is 3.47. The molecule has 0 saturated carbocycles. The van der Waals surface area contributed by atoms with Crippen LogP contribution in [0, 0.1) is 0 Å². The van der Waals surface area contributed by atoms with E-state index in [1.807, 2.05) is 13.1 Å². The summed E-state index contributed by atoms with van der Waals surface area (Å²) >= 11 is 0. The summed E-state index contributed by atoms with van der Waals surface area (Å²) in [5.74, 6) is 0. The first kappa shape index (κ1) is 12.1. The Morgan fingerprint density at radius 1 is 1.35 bits per heavy atom. The van der Waals surface area contributed by atoms with Crippen LogP contribution in [0.2, 0.25) is 0 Å². The Morgan fingerprint density at radius 2 is 2.18 bits per heavy atom. The Bertz CT molecular complexity index is 486. The molecule has 0 bridgehead atoms. The average Bonchev–Trinajstić information content (AvgIpc) is 2.83. The summed E-state index contributed by atoms with van der Waals surface area (Å²) in [6, 6.07) is 8.45. The number of rotatable bonds is 5. The summed E-state index contributed by atoms with van der Waals surface area (Å²) in [5, 5.41) is 14.0. The molecule has 1 aromatic carbocycles. The van der Waals surface area contributed by atoms with Crippen LogP contribution in [0.5, 0.6) is 0 Å². The number of hydrogen-bond donors (Lipinski definition) is 3. The molecule has 0 aliphatic carbocycles. The molecule has 0 radical (unpaired) electrons. The van der Waals surface area contributed by atoms with Gasteiger partial charge in [-0.1, -0.05) is 19.1 Å². The summed E-state index contributed by atoms with van der Waals surface area (Å²) < 4.78 is 0. The molecule has 92 valence electrons. The van der Waals surface area contributed by atoms with E-state index in [0.29, 0.717) is 0 Å². The second-order valence-corrected chi connectivity index (χ2v) is 4.83. The molecule has 1 aromatic heterocycles. The van der Waals surface area contributed by atoms with E-state index in [0.717, 1.165) is 18.5 Å². The fraction of sp³-hybridized carbons (Fsp3) is 0.429. The van der Waals surface area contributed by atoms with Gasteiger partial charge in [0.1, 0.15) is 0 Å². The van der Waals surface area contributed by atoms with Gasteiger partial charge >= 0.3 is 0 Å². The average molecular weight is 232 g/mol. The summed E-state index contributed by atoms with van der Waals surface area (Å²) in [7, 11) is 0. The molecule has 2 aromatic rings. The van der Waals surface area contributed by atoms with E-state index in [-0.39, 0.29) is 12.1 Å². The molecule has 0 aliphatic rings. The van der Waals surface area contributed by atoms with E-state index < -0.39 is 0 Å². The van der Waals surface area contributed by atoms with Gasteiger partial charge in [0, 0.05) is 23.8 Å². The molecule has 0 fully saturated rings. The minimum atomic E-state index is -0.190. The minimum absolute atomic E-state index is 0.161. The first-order valence-electron chi connectivity index (χ1n) is 6.09. The SMILES string of the molecule is CCC(C)(CO)NCc1ccc2cc[nH]c2c1. The van der Waals surface area contributed by atoms with Crippen LogP contribution in [-0.2, 0) is 6.54 Å². The van der Waals surface area contributed by atoms with Gasteiger partial charge in [-0.15, -0.1) is 0 Å². The molecule has 2 rings (SSSR count). The van der Waals surface area contributed by atoms with Gasteiger partial charge in [0.15, 0.2) is 0 Å². The van der Waals surface area contributed by atoms with E-state index in [1.54, 1.807) is 0 Å². The van der Waals surface area contributed by atoms with Crippen molar-refractivity contribution in [2.75, 3.05) is 6.61 Å². The number of aromatic amines is 1. The zero-order valence-electron chi connectivity index (χ0n) is 10.5. The zero-order chi connectivity index (χ0) is 12.3. The molecule has 3 nitrogen and oxygen atoms in total. The van der Waals surface area contributed by atoms with Crippen molar-refractivity contribution in [3.8, 4) is 0 Å². The Labute approximate surface area is 102 Å². The fourth-order valence-electron chi connectivity index (χ4n) is 1.81. The second-order valence-electron chi connectivity index (χ2n) is 4.83. The van der Waals surface area contributed by atoms with Crippen molar-refractivity contribution in [3.63, 3.8) is 0 Å². The van der Waals surface area contributed by atoms with E-state index in [2.05, 4.69) is 41.5 Å². The van der Waals surface area contributed by atoms with Crippen molar-refractivity contribution < 1.29 is 5.11 Å². The van der Waals surface area contributed by atoms with Crippen molar-refractivity contribution in [2.24, 2.45) is 0 Å². The number of nitrogens with one attached hydrogen (secondary N) is 2. The third kappa shape index (κ3) is 2.68. The number of fused-ring (bicyclic) bond motifs is 1. The summed E-state index contributed by atoms with van der Waals surface area (Å²) in [6.45, 7) is 5.06. The van der Waals surface area contributed by atoms with Crippen LogP contribution in [0.15, 0.2) is 30.5 Å². The maximum absolute atomic E-state index is 9.33. The number of H-pyrrole nitrogens is 1. The van der Waals surface area contributed by atoms with Crippen LogP contribution in [0.3, 0.4) is 0 Å². The number of benzene rings is 1. The highest BCUT2D eigenvalue weighted by atomic mass is 16.3. The van der Waals surface area contributed by atoms with Crippen molar-refractivity contribution >= 4 is 10.9 Å². The van der Waals surface area contributed by atoms with Crippen LogP contribution in [0.1, 0.15) is 25.8 Å². The first-order valence-corrected chi connectivity index (χ1v) is 6.09. The molecule has 17 heavy (non-hydrogen) atoms. The molecular formula is C14H20N2O. The Hall–Kier alpha value is -1.32. The molecule has 0 spiro atoms. The van der Waals surface area contributed by atoms with Gasteiger partial charge in [-0.3, -0.25) is 0 Å². The van der Waals surface area contributed by atoms with Gasteiger partial charge in [0.2, 0.25) is 0 Å². The predicted molar refractivity (Wildman–Crippen MR) is 70.9 cm³/mol. The Morgan fingerprint density at radius 3 is 2.88 bits per heavy atom. The highest BCUT2D eigenvalue weighted by Crippen LogP contribution is 2.15. The molecule has 3 heteroatoms. The standard InChI is InChI=1S/C14H20N2O/c1-3-14(2,10-17)16-9-11-4-5-12-6-7-15-13(12)8-11/h4-8,15-17H,3,9-10H2,1-2H3. The van der Waals surface area contributed by atoms with E-state index in [9.17, 15) is 5.11 Å². The largest absolute Gasteiger partial charge is 0.394 e. The van der Waals surface area contributed by atoms with Gasteiger partial charge in [-0.05, 0) is 36.4 Å². The van der Waals surface area contributed by atoms with Gasteiger partial charge in [-0.2, -0.15) is 0 Å². The van der Waals surface area contributed by atoms with Crippen molar-refractivity contribution in [1.29, 1.82) is 0 Å². The second kappa shape index (κ2) is 4.90. The van der Waals surface area contributed by atoms with Crippen LogP contribution >= 0.6 is 0 Å². The van der Waals surface area contributed by atoms with Crippen LogP contribution in [0.4, 0.5) is 0 Å². The summed E-state index contributed by atoms with van der Waals surface area (Å²) in [5.41, 5.74) is 2.20. The highest BCUT2D eigenvalue weighted by molar-refractivity contribution is 5.79.